The number of esters is 5. The van der Waals surface area contributed by atoms with Crippen LogP contribution in [-0.2, 0) is 38.0 Å². The van der Waals surface area contributed by atoms with Crippen molar-refractivity contribution in [1.29, 1.82) is 0 Å². The number of phenolic OH excluding ortho intramolecular Hbond substituents is 14. The highest BCUT2D eigenvalue weighted by molar-refractivity contribution is 6.10. The number of carbonyl (C=O) groups is 7. The molecule has 6 atom stereocenters. The van der Waals surface area contributed by atoms with Crippen molar-refractivity contribution in [3.63, 3.8) is 0 Å². The van der Waals surface area contributed by atoms with Crippen LogP contribution in [0.4, 0.5) is 0 Å². The highest BCUT2D eigenvalue weighted by Crippen LogP contribution is 2.57. The zero-order valence-electron chi connectivity index (χ0n) is 39.4. The number of carboxylic acids is 1. The Labute approximate surface area is 444 Å². The molecule has 0 radical (unpaired) electrons. The van der Waals surface area contributed by atoms with E-state index in [2.05, 4.69) is 0 Å². The maximum atomic E-state index is 14.9. The first-order chi connectivity index (χ1) is 37.8. The quantitative estimate of drug-likeness (QED) is 0.0439. The largest absolute Gasteiger partial charge is 0.504 e. The number of benzene rings is 5. The number of ether oxygens (including phenoxy) is 7. The Morgan fingerprint density at radius 3 is 1.65 bits per heavy atom. The van der Waals surface area contributed by atoms with Gasteiger partial charge in [0.2, 0.25) is 52.7 Å². The molecule has 4 aliphatic rings. The summed E-state index contributed by atoms with van der Waals surface area (Å²) >= 11 is 0. The second kappa shape index (κ2) is 18.9. The van der Waals surface area contributed by atoms with Crippen LogP contribution in [0.3, 0.4) is 0 Å². The maximum absolute atomic E-state index is 14.9. The van der Waals surface area contributed by atoms with E-state index in [0.29, 0.717) is 24.3 Å². The van der Waals surface area contributed by atoms with Crippen LogP contribution in [0, 0.1) is 0 Å². The van der Waals surface area contributed by atoms with E-state index >= 15 is 0 Å². The Balaban J connectivity index is 1.30. The Hall–Kier alpha value is -10.9. The molecule has 19 N–H and O–H groups in total. The molecule has 0 amide bonds. The Morgan fingerprint density at radius 1 is 0.531 bits per heavy atom. The van der Waals surface area contributed by atoms with Crippen molar-refractivity contribution >= 4 is 41.6 Å². The molecule has 33 nitrogen and oxygen atoms in total. The lowest BCUT2D eigenvalue weighted by Crippen LogP contribution is -2.65. The predicted octanol–water partition coefficient (Wildman–Crippen LogP) is -0.894. The van der Waals surface area contributed by atoms with Crippen LogP contribution in [0.15, 0.2) is 48.0 Å². The lowest BCUT2D eigenvalue weighted by Gasteiger charge is -2.44. The zero-order valence-corrected chi connectivity index (χ0v) is 39.4. The molecule has 5 aromatic rings. The van der Waals surface area contributed by atoms with Gasteiger partial charge < -0.3 is 130 Å². The Morgan fingerprint density at radius 2 is 1.04 bits per heavy atom. The van der Waals surface area contributed by atoms with Crippen LogP contribution in [-0.4, -0.2) is 188 Å². The molecule has 33 heteroatoms. The molecule has 81 heavy (non-hydrogen) atoms. The van der Waals surface area contributed by atoms with Gasteiger partial charge in [0.1, 0.15) is 18.3 Å². The average Bonchev–Trinajstić information content (AvgIpc) is 2.41. The summed E-state index contributed by atoms with van der Waals surface area (Å²) in [4.78, 5) is 98.2. The number of ketones is 1. The van der Waals surface area contributed by atoms with E-state index in [-0.39, 0.29) is 18.2 Å². The SMILES string of the molecule is O=C1O[C@H]2[C@@H]3OC(=O)c4cc(O)c(O)c(O)c4-c4c(cc(Oc5c(C(=O)O)cc(O)c(O)c5O)c(O)c4O)C(=O)OC[C@H]2O[C@@H](OC(=O)c2cc(O)c(O)c(O)c2)[C@@H]3OC(=O)c2cc(O)c(O)c(O)c2[C@H]2C1=CC(=O)C(O)(O)C2(O)O. The number of cyclic esters (lactones) is 1. The van der Waals surface area contributed by atoms with Gasteiger partial charge in [0.15, 0.2) is 75.5 Å². The van der Waals surface area contributed by atoms with Gasteiger partial charge in [-0.05, 0) is 30.3 Å². The van der Waals surface area contributed by atoms with Crippen molar-refractivity contribution in [1.82, 2.24) is 0 Å². The molecule has 0 spiro atoms. The molecular weight excluding hydrogens is 1100 g/mol. The molecular formula is C48H34O33. The van der Waals surface area contributed by atoms with Gasteiger partial charge in [-0.25, -0.2) is 28.8 Å². The van der Waals surface area contributed by atoms with E-state index in [1.165, 1.54) is 0 Å². The molecule has 0 saturated carbocycles. The van der Waals surface area contributed by atoms with Crippen LogP contribution < -0.4 is 4.74 Å². The fraction of sp³-hybridized carbons (Fsp3) is 0.188. The van der Waals surface area contributed by atoms with E-state index in [4.69, 9.17) is 33.2 Å². The summed E-state index contributed by atoms with van der Waals surface area (Å²) in [6.45, 7) is -1.54. The van der Waals surface area contributed by atoms with E-state index in [0.717, 1.165) is 0 Å². The van der Waals surface area contributed by atoms with Gasteiger partial charge in [0.05, 0.1) is 33.7 Å². The number of phenols is 14. The summed E-state index contributed by atoms with van der Waals surface area (Å²) < 4.78 is 39.0. The van der Waals surface area contributed by atoms with Gasteiger partial charge in [-0.15, -0.1) is 0 Å². The summed E-state index contributed by atoms with van der Waals surface area (Å²) in [5.74, 6) is -49.4. The lowest BCUT2D eigenvalue weighted by molar-refractivity contribution is -0.343. The first kappa shape index (κ1) is 54.9. The van der Waals surface area contributed by atoms with E-state index in [1.54, 1.807) is 0 Å². The van der Waals surface area contributed by atoms with E-state index < -0.39 is 238 Å². The summed E-state index contributed by atoms with van der Waals surface area (Å²) in [7, 11) is 0. The van der Waals surface area contributed by atoms with Crippen molar-refractivity contribution in [2.24, 2.45) is 0 Å². The van der Waals surface area contributed by atoms with Crippen molar-refractivity contribution in [2.75, 3.05) is 6.61 Å². The monoisotopic (exact) mass is 1140 g/mol. The molecule has 3 heterocycles. The van der Waals surface area contributed by atoms with Crippen LogP contribution in [0.2, 0.25) is 0 Å². The van der Waals surface area contributed by atoms with E-state index in [1.807, 2.05) is 0 Å². The number of carboxylic acid groups (broad SMARTS) is 1. The van der Waals surface area contributed by atoms with Crippen LogP contribution in [0.1, 0.15) is 63.3 Å². The maximum Gasteiger partial charge on any atom is 0.340 e. The number of carbonyl (C=O) groups excluding carboxylic acids is 6. The van der Waals surface area contributed by atoms with Crippen molar-refractivity contribution in [3.8, 4) is 103 Å². The molecule has 0 unspecified atom stereocenters. The van der Waals surface area contributed by atoms with Crippen LogP contribution in [0.5, 0.6) is 92.0 Å². The van der Waals surface area contributed by atoms with Gasteiger partial charge >= 0.3 is 35.8 Å². The number of fused-ring (bicyclic) bond motifs is 6. The molecule has 1 fully saturated rings. The van der Waals surface area contributed by atoms with Crippen molar-refractivity contribution in [3.05, 3.63) is 81.4 Å². The third-order valence-corrected chi connectivity index (χ3v) is 13.0. The topological polar surface area (TPSA) is 568 Å². The summed E-state index contributed by atoms with van der Waals surface area (Å²) in [5, 5.41) is 204. The standard InChI is InChI=1S/C48H34O33/c49-15-1-9(2-16(50)27(15)55)41(66)81-46-39-38-37(78-45(70)13-7-22(54)47(71,72)48(73,74)26(13)25-11(44(69)80-39)4-18(52)29(57)34(25)62)21(77-46)8-75-42(67)12-6-20(76-36-14(40(64)65)5-19(53)30(58)35(36)63)31(59)33(61)24(12)23-10(43(68)79-38)3-17(51)28(56)32(23)60/h1-7,21,26,37-39,46,49-53,55-63,71-74H,8H2,(H,64,65)/t21-,26-,37-,38+,39-,46+/m1/s1. The van der Waals surface area contributed by atoms with Gasteiger partial charge in [-0.2, -0.15) is 0 Å². The second-order valence-electron chi connectivity index (χ2n) is 17.8. The van der Waals surface area contributed by atoms with Gasteiger partial charge in [-0.1, -0.05) is 0 Å². The molecule has 424 valence electrons. The smallest absolute Gasteiger partial charge is 0.340 e. The minimum atomic E-state index is -4.52. The highest BCUT2D eigenvalue weighted by Gasteiger charge is 2.65. The van der Waals surface area contributed by atoms with Crippen molar-refractivity contribution in [2.45, 2.75) is 48.2 Å². The molecule has 5 aromatic carbocycles. The number of aliphatic hydroxyl groups is 4. The molecule has 1 saturated heterocycles. The zero-order chi connectivity index (χ0) is 59.5. The summed E-state index contributed by atoms with van der Waals surface area (Å²) in [6.07, 6.45) is -13.6. The molecule has 4 bridgehead atoms. The van der Waals surface area contributed by atoms with Gasteiger partial charge in [0, 0.05) is 28.8 Å². The minimum absolute atomic E-state index is 0.0535. The number of aromatic carboxylic acids is 1. The molecule has 0 aromatic heterocycles. The normalized spacial score (nSPS) is 21.9. The number of hydrogen-bond acceptors (Lipinski definition) is 32. The van der Waals surface area contributed by atoms with Gasteiger partial charge in [0.25, 0.3) is 5.79 Å². The van der Waals surface area contributed by atoms with Crippen LogP contribution >= 0.6 is 0 Å². The minimum Gasteiger partial charge on any atom is -0.504 e. The number of aromatic hydroxyl groups is 14. The highest BCUT2D eigenvalue weighted by atomic mass is 16.7. The van der Waals surface area contributed by atoms with Crippen LogP contribution in [0.25, 0.3) is 11.1 Å². The summed E-state index contributed by atoms with van der Waals surface area (Å²) in [5.41, 5.74) is -11.8. The fourth-order valence-corrected chi connectivity index (χ4v) is 8.97. The average molecular weight is 1140 g/mol. The number of hydrogen-bond donors (Lipinski definition) is 19. The first-order valence-electron chi connectivity index (χ1n) is 22.2. The molecule has 1 aliphatic carbocycles. The summed E-state index contributed by atoms with van der Waals surface area (Å²) in [6, 6.07) is 2.01. The molecule has 3 aliphatic heterocycles. The second-order valence-corrected chi connectivity index (χ2v) is 17.8. The lowest BCUT2D eigenvalue weighted by atomic mass is 9.72. The predicted molar refractivity (Wildman–Crippen MR) is 244 cm³/mol. The third-order valence-electron chi connectivity index (χ3n) is 13.0. The van der Waals surface area contributed by atoms with E-state index in [9.17, 15) is 131 Å². The van der Waals surface area contributed by atoms with Crippen molar-refractivity contribution < 1.29 is 164 Å². The van der Waals surface area contributed by atoms with Gasteiger partial charge in [-0.3, -0.25) is 4.79 Å². The Bertz CT molecular complexity index is 3680. The third kappa shape index (κ3) is 8.53. The number of rotatable bonds is 5. The Kier molecular flexibility index (Phi) is 12.8. The molecule has 9 rings (SSSR count). The fourth-order valence-electron chi connectivity index (χ4n) is 8.97. The first-order valence-corrected chi connectivity index (χ1v) is 22.2.